The molecule has 7 heteroatoms. The summed E-state index contributed by atoms with van der Waals surface area (Å²) in [6.07, 6.45) is 6.49. The summed E-state index contributed by atoms with van der Waals surface area (Å²) in [6, 6.07) is 17.4. The second-order valence-electron chi connectivity index (χ2n) is 8.96. The van der Waals surface area contributed by atoms with Gasteiger partial charge < -0.3 is 20.1 Å². The van der Waals surface area contributed by atoms with Gasteiger partial charge in [-0.2, -0.15) is 0 Å². The minimum absolute atomic E-state index is 0.0394. The number of ether oxygens (including phenoxy) is 1. The van der Waals surface area contributed by atoms with Gasteiger partial charge in [-0.1, -0.05) is 43.3 Å². The van der Waals surface area contributed by atoms with Crippen LogP contribution in [0.25, 0.3) is 0 Å². The molecule has 3 aromatic rings. The van der Waals surface area contributed by atoms with Crippen LogP contribution < -0.4 is 15.0 Å². The smallest absolute Gasteiger partial charge is 0.316 e. The summed E-state index contributed by atoms with van der Waals surface area (Å²) >= 11 is 0. The van der Waals surface area contributed by atoms with Gasteiger partial charge in [0, 0.05) is 13.1 Å². The van der Waals surface area contributed by atoms with Crippen molar-refractivity contribution in [2.75, 3.05) is 29.9 Å². The molecule has 2 heterocycles. The van der Waals surface area contributed by atoms with Crippen molar-refractivity contribution in [2.24, 2.45) is 0 Å². The molecule has 2 N–H and O–H groups in total. The van der Waals surface area contributed by atoms with Gasteiger partial charge in [0.1, 0.15) is 0 Å². The highest BCUT2D eigenvalue weighted by molar-refractivity contribution is 5.76. The Balaban J connectivity index is 1.58. The molecule has 4 rings (SSSR count). The minimum atomic E-state index is -0.779. The standard InChI is InChI=1S/C28H34N4O3/c1-3-20(17-27(33)34)23-10-11-26(25(16-23)31-24-18-29-28(30-19-24)35-4-2)32-14-12-22(13-15-32)21-8-6-5-7-9-21/h5-11,16,18-20,22,31H,3-4,12-15,17H2,1-2H3,(H,33,34). The normalized spacial score (nSPS) is 15.0. The number of aliphatic carboxylic acids is 1. The van der Waals surface area contributed by atoms with E-state index in [1.807, 2.05) is 13.8 Å². The highest BCUT2D eigenvalue weighted by Gasteiger charge is 2.23. The fourth-order valence-electron chi connectivity index (χ4n) is 4.81. The monoisotopic (exact) mass is 474 g/mol. The Kier molecular flexibility index (Phi) is 8.19. The molecule has 7 nitrogen and oxygen atoms in total. The van der Waals surface area contributed by atoms with Crippen LogP contribution in [0.1, 0.15) is 62.5 Å². The molecule has 1 atom stereocenters. The molecular weight excluding hydrogens is 440 g/mol. The summed E-state index contributed by atoms with van der Waals surface area (Å²) < 4.78 is 5.36. The highest BCUT2D eigenvalue weighted by Crippen LogP contribution is 2.37. The third-order valence-corrected chi connectivity index (χ3v) is 6.69. The van der Waals surface area contributed by atoms with Gasteiger partial charge in [-0.25, -0.2) is 9.97 Å². The van der Waals surface area contributed by atoms with Crippen molar-refractivity contribution in [3.8, 4) is 6.01 Å². The van der Waals surface area contributed by atoms with E-state index in [0.29, 0.717) is 18.5 Å². The Labute approximate surface area is 207 Å². The summed E-state index contributed by atoms with van der Waals surface area (Å²) in [6.45, 7) is 6.36. The molecule has 1 saturated heterocycles. The number of carboxylic acids is 1. The van der Waals surface area contributed by atoms with Crippen LogP contribution in [-0.2, 0) is 4.79 Å². The number of anilines is 3. The van der Waals surface area contributed by atoms with Gasteiger partial charge in [-0.3, -0.25) is 4.79 Å². The molecular formula is C28H34N4O3. The third-order valence-electron chi connectivity index (χ3n) is 6.69. The molecule has 2 aromatic carbocycles. The van der Waals surface area contributed by atoms with E-state index in [2.05, 4.69) is 68.7 Å². The quantitative estimate of drug-likeness (QED) is 0.374. The maximum atomic E-state index is 11.4. The lowest BCUT2D eigenvalue weighted by Gasteiger charge is -2.35. The van der Waals surface area contributed by atoms with Crippen molar-refractivity contribution in [1.29, 1.82) is 0 Å². The lowest BCUT2D eigenvalue weighted by Crippen LogP contribution is -2.33. The molecule has 0 radical (unpaired) electrons. The summed E-state index contributed by atoms with van der Waals surface area (Å²) in [5, 5.41) is 12.9. The number of hydrogen-bond donors (Lipinski definition) is 2. The molecule has 35 heavy (non-hydrogen) atoms. The maximum absolute atomic E-state index is 11.4. The van der Waals surface area contributed by atoms with E-state index in [9.17, 15) is 9.90 Å². The first-order valence-corrected chi connectivity index (χ1v) is 12.4. The van der Waals surface area contributed by atoms with E-state index in [4.69, 9.17) is 4.74 Å². The second-order valence-corrected chi connectivity index (χ2v) is 8.96. The Morgan fingerprint density at radius 1 is 1.11 bits per heavy atom. The molecule has 1 unspecified atom stereocenters. The number of carboxylic acid groups (broad SMARTS) is 1. The van der Waals surface area contributed by atoms with Gasteiger partial charge in [0.2, 0.25) is 0 Å². The van der Waals surface area contributed by atoms with Gasteiger partial charge in [0.05, 0.1) is 42.5 Å². The average Bonchev–Trinajstić information content (AvgIpc) is 2.89. The number of carbonyl (C=O) groups is 1. The van der Waals surface area contributed by atoms with Crippen LogP contribution in [0, 0.1) is 0 Å². The zero-order chi connectivity index (χ0) is 24.6. The Hall–Kier alpha value is -3.61. The van der Waals surface area contributed by atoms with Crippen molar-refractivity contribution >= 4 is 23.0 Å². The van der Waals surface area contributed by atoms with Crippen LogP contribution in [0.4, 0.5) is 17.1 Å². The second kappa shape index (κ2) is 11.7. The SMILES string of the molecule is CCOc1ncc(Nc2cc(C(CC)CC(=O)O)ccc2N2CCC(c3ccccc3)CC2)cn1. The Bertz CT molecular complexity index is 1100. The number of hydrogen-bond acceptors (Lipinski definition) is 6. The zero-order valence-corrected chi connectivity index (χ0v) is 20.5. The Morgan fingerprint density at radius 2 is 1.83 bits per heavy atom. The minimum Gasteiger partial charge on any atom is -0.481 e. The molecule has 0 spiro atoms. The summed E-state index contributed by atoms with van der Waals surface area (Å²) in [7, 11) is 0. The van der Waals surface area contributed by atoms with Gasteiger partial charge in [0.15, 0.2) is 0 Å². The maximum Gasteiger partial charge on any atom is 0.316 e. The van der Waals surface area contributed by atoms with Gasteiger partial charge in [-0.05, 0) is 61.3 Å². The third kappa shape index (κ3) is 6.29. The van der Waals surface area contributed by atoms with E-state index < -0.39 is 5.97 Å². The summed E-state index contributed by atoms with van der Waals surface area (Å²) in [5.74, 6) is -0.247. The van der Waals surface area contributed by atoms with Gasteiger partial charge in [-0.15, -0.1) is 0 Å². The molecule has 0 amide bonds. The van der Waals surface area contributed by atoms with Crippen LogP contribution >= 0.6 is 0 Å². The average molecular weight is 475 g/mol. The lowest BCUT2D eigenvalue weighted by atomic mass is 9.89. The summed E-state index contributed by atoms with van der Waals surface area (Å²) in [5.41, 5.74) is 5.24. The van der Waals surface area contributed by atoms with Crippen molar-refractivity contribution < 1.29 is 14.6 Å². The molecule has 0 saturated carbocycles. The first-order valence-electron chi connectivity index (χ1n) is 12.4. The van der Waals surface area contributed by atoms with Crippen LogP contribution in [0.5, 0.6) is 6.01 Å². The molecule has 0 bridgehead atoms. The van der Waals surface area contributed by atoms with E-state index in [1.54, 1.807) is 12.4 Å². The van der Waals surface area contributed by atoms with Crippen molar-refractivity contribution in [3.05, 3.63) is 72.1 Å². The number of aromatic nitrogens is 2. The number of nitrogens with one attached hydrogen (secondary N) is 1. The van der Waals surface area contributed by atoms with Crippen LogP contribution in [0.3, 0.4) is 0 Å². The van der Waals surface area contributed by atoms with E-state index in [1.165, 1.54) is 5.56 Å². The van der Waals surface area contributed by atoms with Crippen molar-refractivity contribution in [1.82, 2.24) is 9.97 Å². The number of benzene rings is 2. The predicted molar refractivity (Wildman–Crippen MR) is 139 cm³/mol. The molecule has 1 fully saturated rings. The number of nitrogens with zero attached hydrogens (tertiary/aromatic N) is 3. The molecule has 1 aliphatic rings. The number of piperidine rings is 1. The fraction of sp³-hybridized carbons (Fsp3) is 0.393. The first-order chi connectivity index (χ1) is 17.1. The first kappa shape index (κ1) is 24.5. The zero-order valence-electron chi connectivity index (χ0n) is 20.5. The van der Waals surface area contributed by atoms with Gasteiger partial charge in [0.25, 0.3) is 0 Å². The molecule has 0 aliphatic carbocycles. The summed E-state index contributed by atoms with van der Waals surface area (Å²) in [4.78, 5) is 22.4. The Morgan fingerprint density at radius 3 is 2.46 bits per heavy atom. The van der Waals surface area contributed by atoms with E-state index >= 15 is 0 Å². The predicted octanol–water partition coefficient (Wildman–Crippen LogP) is 5.97. The van der Waals surface area contributed by atoms with Gasteiger partial charge >= 0.3 is 12.0 Å². The lowest BCUT2D eigenvalue weighted by molar-refractivity contribution is -0.137. The number of rotatable bonds is 10. The fourth-order valence-corrected chi connectivity index (χ4v) is 4.81. The highest BCUT2D eigenvalue weighted by atomic mass is 16.5. The van der Waals surface area contributed by atoms with E-state index in [0.717, 1.165) is 55.0 Å². The van der Waals surface area contributed by atoms with E-state index in [-0.39, 0.29) is 12.3 Å². The van der Waals surface area contributed by atoms with Crippen LogP contribution in [0.2, 0.25) is 0 Å². The van der Waals surface area contributed by atoms with Crippen molar-refractivity contribution in [2.45, 2.75) is 51.4 Å². The van der Waals surface area contributed by atoms with Crippen LogP contribution in [-0.4, -0.2) is 40.7 Å². The topological polar surface area (TPSA) is 87.6 Å². The van der Waals surface area contributed by atoms with Crippen LogP contribution in [0.15, 0.2) is 60.9 Å². The largest absolute Gasteiger partial charge is 0.481 e. The van der Waals surface area contributed by atoms with Crippen molar-refractivity contribution in [3.63, 3.8) is 0 Å². The molecule has 184 valence electrons. The molecule has 1 aliphatic heterocycles. The molecule has 1 aromatic heterocycles.